The van der Waals surface area contributed by atoms with Crippen molar-refractivity contribution < 1.29 is 9.53 Å². The molecule has 1 amide bonds. The van der Waals surface area contributed by atoms with Crippen molar-refractivity contribution in [2.45, 2.75) is 32.6 Å². The lowest BCUT2D eigenvalue weighted by Gasteiger charge is -2.43. The smallest absolute Gasteiger partial charge is 0.245 e. The number of methoxy groups -OCH3 is 1. The standard InChI is InChI=1S/C17H33N3O2/c1-17(6-9-19(2)10-7-17)14-20-8-4-5-15(12-20)11-18-16(21)13-22-3/h15H,4-14H2,1-3H3,(H,18,21). The van der Waals surface area contributed by atoms with Crippen LogP contribution in [0.2, 0.25) is 0 Å². The summed E-state index contributed by atoms with van der Waals surface area (Å²) in [6, 6.07) is 0. The average molecular weight is 311 g/mol. The molecule has 2 heterocycles. The Kier molecular flexibility index (Phi) is 6.66. The van der Waals surface area contributed by atoms with Crippen LogP contribution in [0.25, 0.3) is 0 Å². The van der Waals surface area contributed by atoms with Gasteiger partial charge in [0.2, 0.25) is 5.91 Å². The Bertz CT molecular complexity index is 354. The summed E-state index contributed by atoms with van der Waals surface area (Å²) in [5, 5.41) is 3.00. The number of carbonyl (C=O) groups excluding carboxylic acids is 1. The number of likely N-dealkylation sites (tertiary alicyclic amines) is 2. The monoisotopic (exact) mass is 311 g/mol. The van der Waals surface area contributed by atoms with Gasteiger partial charge in [-0.1, -0.05) is 6.92 Å². The van der Waals surface area contributed by atoms with Crippen molar-refractivity contribution >= 4 is 5.91 Å². The molecular weight excluding hydrogens is 278 g/mol. The van der Waals surface area contributed by atoms with Crippen molar-refractivity contribution in [2.24, 2.45) is 11.3 Å². The predicted molar refractivity (Wildman–Crippen MR) is 88.9 cm³/mol. The van der Waals surface area contributed by atoms with Crippen molar-refractivity contribution in [3.8, 4) is 0 Å². The SMILES string of the molecule is COCC(=O)NCC1CCCN(CC2(C)CCN(C)CC2)C1. The van der Waals surface area contributed by atoms with E-state index in [4.69, 9.17) is 4.74 Å². The van der Waals surface area contributed by atoms with Crippen LogP contribution in [0.3, 0.4) is 0 Å². The first-order valence-corrected chi connectivity index (χ1v) is 8.67. The van der Waals surface area contributed by atoms with Gasteiger partial charge in [0.25, 0.3) is 0 Å². The number of amides is 1. The first kappa shape index (κ1) is 17.7. The van der Waals surface area contributed by atoms with E-state index in [2.05, 4.69) is 29.1 Å². The molecule has 22 heavy (non-hydrogen) atoms. The van der Waals surface area contributed by atoms with E-state index in [0.29, 0.717) is 11.3 Å². The van der Waals surface area contributed by atoms with Gasteiger partial charge in [0, 0.05) is 26.7 Å². The summed E-state index contributed by atoms with van der Waals surface area (Å²) in [7, 11) is 3.78. The Morgan fingerprint density at radius 1 is 1.32 bits per heavy atom. The van der Waals surface area contributed by atoms with Crippen molar-refractivity contribution in [2.75, 3.05) is 60.0 Å². The second-order valence-corrected chi connectivity index (χ2v) is 7.59. The molecule has 0 aromatic heterocycles. The highest BCUT2D eigenvalue weighted by atomic mass is 16.5. The van der Waals surface area contributed by atoms with E-state index in [1.54, 1.807) is 7.11 Å². The topological polar surface area (TPSA) is 44.8 Å². The molecular formula is C17H33N3O2. The Labute approximate surface area is 135 Å². The third-order valence-corrected chi connectivity index (χ3v) is 5.27. The Morgan fingerprint density at radius 3 is 2.73 bits per heavy atom. The van der Waals surface area contributed by atoms with Crippen molar-refractivity contribution in [1.82, 2.24) is 15.1 Å². The highest BCUT2D eigenvalue weighted by molar-refractivity contribution is 5.77. The highest BCUT2D eigenvalue weighted by Gasteiger charge is 2.32. The third-order valence-electron chi connectivity index (χ3n) is 5.27. The molecule has 2 saturated heterocycles. The van der Waals surface area contributed by atoms with Crippen LogP contribution in [0.1, 0.15) is 32.6 Å². The summed E-state index contributed by atoms with van der Waals surface area (Å²) >= 11 is 0. The highest BCUT2D eigenvalue weighted by Crippen LogP contribution is 2.32. The summed E-state index contributed by atoms with van der Waals surface area (Å²) in [6.45, 7) is 9.40. The molecule has 128 valence electrons. The summed E-state index contributed by atoms with van der Waals surface area (Å²) in [5.74, 6) is 0.589. The number of hydrogen-bond acceptors (Lipinski definition) is 4. The van der Waals surface area contributed by atoms with E-state index in [0.717, 1.165) is 13.1 Å². The molecule has 2 aliphatic rings. The second-order valence-electron chi connectivity index (χ2n) is 7.59. The molecule has 0 saturated carbocycles. The molecule has 5 nitrogen and oxygen atoms in total. The van der Waals surface area contributed by atoms with Gasteiger partial charge in [-0.3, -0.25) is 4.79 Å². The molecule has 5 heteroatoms. The lowest BCUT2D eigenvalue weighted by molar-refractivity contribution is -0.125. The summed E-state index contributed by atoms with van der Waals surface area (Å²) < 4.78 is 4.86. The molecule has 2 aliphatic heterocycles. The molecule has 0 radical (unpaired) electrons. The third kappa shape index (κ3) is 5.52. The predicted octanol–water partition coefficient (Wildman–Crippen LogP) is 1.19. The normalized spacial score (nSPS) is 26.8. The van der Waals surface area contributed by atoms with Crippen LogP contribution in [0.5, 0.6) is 0 Å². The van der Waals surface area contributed by atoms with Crippen LogP contribution in [-0.4, -0.2) is 75.7 Å². The molecule has 2 fully saturated rings. The molecule has 0 aromatic rings. The van der Waals surface area contributed by atoms with Crippen molar-refractivity contribution in [3.63, 3.8) is 0 Å². The molecule has 0 aliphatic carbocycles. The van der Waals surface area contributed by atoms with Crippen LogP contribution in [-0.2, 0) is 9.53 Å². The van der Waals surface area contributed by atoms with E-state index in [-0.39, 0.29) is 12.5 Å². The zero-order chi connectivity index (χ0) is 16.0. The van der Waals surface area contributed by atoms with Crippen LogP contribution in [0.4, 0.5) is 0 Å². The van der Waals surface area contributed by atoms with Gasteiger partial charge in [-0.15, -0.1) is 0 Å². The van der Waals surface area contributed by atoms with E-state index in [1.165, 1.54) is 51.9 Å². The van der Waals surface area contributed by atoms with Crippen LogP contribution >= 0.6 is 0 Å². The minimum Gasteiger partial charge on any atom is -0.375 e. The van der Waals surface area contributed by atoms with Gasteiger partial charge >= 0.3 is 0 Å². The number of nitrogens with one attached hydrogen (secondary N) is 1. The Balaban J connectivity index is 1.74. The quantitative estimate of drug-likeness (QED) is 0.800. The van der Waals surface area contributed by atoms with Crippen molar-refractivity contribution in [1.29, 1.82) is 0 Å². The van der Waals surface area contributed by atoms with Gasteiger partial charge < -0.3 is 19.9 Å². The molecule has 0 bridgehead atoms. The molecule has 0 aromatic carbocycles. The number of nitrogens with zero attached hydrogens (tertiary/aromatic N) is 2. The van der Waals surface area contributed by atoms with E-state index in [1.807, 2.05) is 0 Å². The molecule has 1 N–H and O–H groups in total. The van der Waals surface area contributed by atoms with E-state index in [9.17, 15) is 4.79 Å². The summed E-state index contributed by atoms with van der Waals surface area (Å²) in [4.78, 5) is 16.6. The lowest BCUT2D eigenvalue weighted by atomic mass is 9.79. The number of ether oxygens (including phenoxy) is 1. The Hall–Kier alpha value is -0.650. The number of carbonyl (C=O) groups is 1. The zero-order valence-corrected chi connectivity index (χ0v) is 14.6. The fourth-order valence-electron chi connectivity index (χ4n) is 3.76. The maximum absolute atomic E-state index is 11.5. The fourth-order valence-corrected chi connectivity index (χ4v) is 3.76. The molecule has 2 rings (SSSR count). The summed E-state index contributed by atoms with van der Waals surface area (Å²) in [5.41, 5.74) is 0.466. The van der Waals surface area contributed by atoms with E-state index < -0.39 is 0 Å². The summed E-state index contributed by atoms with van der Waals surface area (Å²) in [6.07, 6.45) is 5.08. The van der Waals surface area contributed by atoms with E-state index >= 15 is 0 Å². The second kappa shape index (κ2) is 8.27. The van der Waals surface area contributed by atoms with Gasteiger partial charge in [-0.05, 0) is 63.7 Å². The average Bonchev–Trinajstić information content (AvgIpc) is 2.49. The first-order valence-electron chi connectivity index (χ1n) is 8.67. The number of hydrogen-bond donors (Lipinski definition) is 1. The van der Waals surface area contributed by atoms with Crippen LogP contribution in [0.15, 0.2) is 0 Å². The number of rotatable bonds is 6. The van der Waals surface area contributed by atoms with Gasteiger partial charge in [0.05, 0.1) is 0 Å². The number of piperidine rings is 2. The van der Waals surface area contributed by atoms with Crippen molar-refractivity contribution in [3.05, 3.63) is 0 Å². The largest absolute Gasteiger partial charge is 0.375 e. The maximum atomic E-state index is 11.5. The first-order chi connectivity index (χ1) is 10.5. The maximum Gasteiger partial charge on any atom is 0.245 e. The zero-order valence-electron chi connectivity index (χ0n) is 14.6. The minimum atomic E-state index is 0.00176. The molecule has 1 atom stereocenters. The molecule has 1 unspecified atom stereocenters. The fraction of sp³-hybridized carbons (Fsp3) is 0.941. The van der Waals surface area contributed by atoms with Crippen LogP contribution < -0.4 is 5.32 Å². The Morgan fingerprint density at radius 2 is 2.05 bits per heavy atom. The van der Waals surface area contributed by atoms with Gasteiger partial charge in [0.15, 0.2) is 0 Å². The van der Waals surface area contributed by atoms with Gasteiger partial charge in [0.1, 0.15) is 6.61 Å². The van der Waals surface area contributed by atoms with Gasteiger partial charge in [-0.25, -0.2) is 0 Å². The van der Waals surface area contributed by atoms with Crippen LogP contribution in [0, 0.1) is 11.3 Å². The lowest BCUT2D eigenvalue weighted by Crippen LogP contribution is -2.48. The van der Waals surface area contributed by atoms with Gasteiger partial charge in [-0.2, -0.15) is 0 Å². The molecule has 0 spiro atoms. The minimum absolute atomic E-state index is 0.00176.